The van der Waals surface area contributed by atoms with E-state index in [2.05, 4.69) is 20.9 Å². The zero-order chi connectivity index (χ0) is 14.7. The Bertz CT molecular complexity index is 569. The van der Waals surface area contributed by atoms with Gasteiger partial charge in [0.1, 0.15) is 17.9 Å². The summed E-state index contributed by atoms with van der Waals surface area (Å²) in [4.78, 5) is 20.4. The fourth-order valence-electron chi connectivity index (χ4n) is 3.01. The molecule has 21 heavy (non-hydrogen) atoms. The number of cyclic esters (lactones) is 1. The summed E-state index contributed by atoms with van der Waals surface area (Å²) in [6, 6.07) is 5.67. The first-order chi connectivity index (χ1) is 10.3. The number of ether oxygens (including phenoxy) is 1. The summed E-state index contributed by atoms with van der Waals surface area (Å²) < 4.78 is 5.06. The SMILES string of the molecule is N#Cc1cccnc1N1CCCN([C@H]2CCOC2=O)CC1. The van der Waals surface area contributed by atoms with Gasteiger partial charge in [-0.25, -0.2) is 4.98 Å². The van der Waals surface area contributed by atoms with E-state index < -0.39 is 0 Å². The number of anilines is 1. The summed E-state index contributed by atoms with van der Waals surface area (Å²) in [5.74, 6) is 0.648. The molecule has 2 aliphatic heterocycles. The van der Waals surface area contributed by atoms with Crippen LogP contribution in [0.1, 0.15) is 18.4 Å². The van der Waals surface area contributed by atoms with Gasteiger partial charge < -0.3 is 9.64 Å². The molecule has 1 aromatic rings. The molecular formula is C15H18N4O2. The standard InChI is InChI=1S/C15H18N4O2/c16-11-12-3-1-5-17-14(12)19-7-2-6-18(8-9-19)13-4-10-21-15(13)20/h1,3,5,13H,2,4,6-10H2/t13-/m0/s1. The molecule has 2 fully saturated rings. The summed E-state index contributed by atoms with van der Waals surface area (Å²) in [7, 11) is 0. The van der Waals surface area contributed by atoms with E-state index in [4.69, 9.17) is 4.74 Å². The lowest BCUT2D eigenvalue weighted by molar-refractivity contribution is -0.142. The number of hydrogen-bond acceptors (Lipinski definition) is 6. The number of carbonyl (C=O) groups is 1. The average molecular weight is 286 g/mol. The maximum absolute atomic E-state index is 11.7. The number of nitrogens with zero attached hydrogens (tertiary/aromatic N) is 4. The zero-order valence-corrected chi connectivity index (χ0v) is 11.9. The number of rotatable bonds is 2. The van der Waals surface area contributed by atoms with Crippen LogP contribution in [0.2, 0.25) is 0 Å². The molecule has 0 bridgehead atoms. The Morgan fingerprint density at radius 2 is 2.24 bits per heavy atom. The van der Waals surface area contributed by atoms with Gasteiger partial charge in [-0.15, -0.1) is 0 Å². The third-order valence-electron chi connectivity index (χ3n) is 4.09. The van der Waals surface area contributed by atoms with Gasteiger partial charge in [-0.05, 0) is 18.6 Å². The largest absolute Gasteiger partial charge is 0.464 e. The highest BCUT2D eigenvalue weighted by atomic mass is 16.5. The molecule has 3 rings (SSSR count). The molecule has 3 heterocycles. The predicted octanol–water partition coefficient (Wildman–Crippen LogP) is 0.781. The van der Waals surface area contributed by atoms with Crippen LogP contribution in [0.25, 0.3) is 0 Å². The van der Waals surface area contributed by atoms with Crippen molar-refractivity contribution in [2.45, 2.75) is 18.9 Å². The van der Waals surface area contributed by atoms with Crippen molar-refractivity contribution in [1.82, 2.24) is 9.88 Å². The zero-order valence-electron chi connectivity index (χ0n) is 11.9. The molecule has 1 atom stereocenters. The fraction of sp³-hybridized carbons (Fsp3) is 0.533. The summed E-state index contributed by atoms with van der Waals surface area (Å²) in [5, 5.41) is 9.19. The molecule has 0 N–H and O–H groups in total. The second-order valence-corrected chi connectivity index (χ2v) is 5.33. The van der Waals surface area contributed by atoms with Crippen molar-refractivity contribution in [2.24, 2.45) is 0 Å². The second kappa shape index (κ2) is 6.10. The van der Waals surface area contributed by atoms with Crippen molar-refractivity contribution >= 4 is 11.8 Å². The summed E-state index contributed by atoms with van der Waals surface area (Å²) >= 11 is 0. The van der Waals surface area contributed by atoms with Gasteiger partial charge in [0.05, 0.1) is 12.2 Å². The number of aromatic nitrogens is 1. The minimum absolute atomic E-state index is 0.0934. The van der Waals surface area contributed by atoms with Crippen molar-refractivity contribution in [1.29, 1.82) is 5.26 Å². The normalized spacial score (nSPS) is 23.5. The van der Waals surface area contributed by atoms with Crippen LogP contribution >= 0.6 is 0 Å². The predicted molar refractivity (Wildman–Crippen MR) is 76.7 cm³/mol. The maximum atomic E-state index is 11.7. The van der Waals surface area contributed by atoms with Gasteiger partial charge in [-0.2, -0.15) is 5.26 Å². The monoisotopic (exact) mass is 286 g/mol. The van der Waals surface area contributed by atoms with Crippen LogP contribution in [0, 0.1) is 11.3 Å². The fourth-order valence-corrected chi connectivity index (χ4v) is 3.01. The summed E-state index contributed by atoms with van der Waals surface area (Å²) in [6.07, 6.45) is 3.45. The molecule has 0 aromatic carbocycles. The Balaban J connectivity index is 1.71. The van der Waals surface area contributed by atoms with Crippen LogP contribution in [-0.2, 0) is 9.53 Å². The molecular weight excluding hydrogens is 268 g/mol. The molecule has 0 saturated carbocycles. The lowest BCUT2D eigenvalue weighted by Crippen LogP contribution is -2.41. The van der Waals surface area contributed by atoms with E-state index in [1.807, 2.05) is 0 Å². The van der Waals surface area contributed by atoms with E-state index in [-0.39, 0.29) is 12.0 Å². The smallest absolute Gasteiger partial charge is 0.323 e. The molecule has 6 heteroatoms. The second-order valence-electron chi connectivity index (χ2n) is 5.33. The van der Waals surface area contributed by atoms with E-state index in [1.54, 1.807) is 18.3 Å². The highest BCUT2D eigenvalue weighted by Crippen LogP contribution is 2.21. The topological polar surface area (TPSA) is 69.5 Å². The van der Waals surface area contributed by atoms with Crippen LogP contribution in [0.4, 0.5) is 5.82 Å². The first-order valence-electron chi connectivity index (χ1n) is 7.30. The number of hydrogen-bond donors (Lipinski definition) is 0. The molecule has 1 aromatic heterocycles. The molecule has 0 amide bonds. The lowest BCUT2D eigenvalue weighted by atomic mass is 10.2. The third-order valence-corrected chi connectivity index (χ3v) is 4.09. The van der Waals surface area contributed by atoms with Gasteiger partial charge in [-0.3, -0.25) is 9.69 Å². The van der Waals surface area contributed by atoms with E-state index in [0.717, 1.165) is 44.8 Å². The third kappa shape index (κ3) is 2.83. The minimum Gasteiger partial charge on any atom is -0.464 e. The van der Waals surface area contributed by atoms with Crippen LogP contribution in [0.3, 0.4) is 0 Å². The quantitative estimate of drug-likeness (QED) is 0.748. The molecule has 110 valence electrons. The Labute approximate surface area is 123 Å². The van der Waals surface area contributed by atoms with E-state index >= 15 is 0 Å². The van der Waals surface area contributed by atoms with Crippen molar-refractivity contribution in [3.05, 3.63) is 23.9 Å². The van der Waals surface area contributed by atoms with Gasteiger partial charge in [0.25, 0.3) is 0 Å². The van der Waals surface area contributed by atoms with Crippen molar-refractivity contribution in [3.8, 4) is 6.07 Å². The van der Waals surface area contributed by atoms with E-state index in [1.165, 1.54) is 0 Å². The number of nitriles is 1. The number of pyridine rings is 1. The highest BCUT2D eigenvalue weighted by Gasteiger charge is 2.33. The van der Waals surface area contributed by atoms with Gasteiger partial charge in [0.15, 0.2) is 0 Å². The Morgan fingerprint density at radius 3 is 3.00 bits per heavy atom. The van der Waals surface area contributed by atoms with Gasteiger partial charge in [-0.1, -0.05) is 0 Å². The number of carbonyl (C=O) groups excluding carboxylic acids is 1. The van der Waals surface area contributed by atoms with Crippen LogP contribution in [-0.4, -0.2) is 54.7 Å². The van der Waals surface area contributed by atoms with Gasteiger partial charge >= 0.3 is 5.97 Å². The average Bonchev–Trinajstić information content (AvgIpc) is 2.80. The Kier molecular flexibility index (Phi) is 4.02. The Hall–Kier alpha value is -2.13. The Morgan fingerprint density at radius 1 is 1.33 bits per heavy atom. The number of esters is 1. The van der Waals surface area contributed by atoms with Crippen LogP contribution in [0.15, 0.2) is 18.3 Å². The van der Waals surface area contributed by atoms with Crippen molar-refractivity contribution in [2.75, 3.05) is 37.7 Å². The first kappa shape index (κ1) is 13.8. The lowest BCUT2D eigenvalue weighted by Gasteiger charge is -2.25. The maximum Gasteiger partial charge on any atom is 0.323 e. The molecule has 2 saturated heterocycles. The van der Waals surface area contributed by atoms with Crippen LogP contribution in [0.5, 0.6) is 0 Å². The van der Waals surface area contributed by atoms with E-state index in [0.29, 0.717) is 12.2 Å². The summed E-state index contributed by atoms with van der Waals surface area (Å²) in [5.41, 5.74) is 0.603. The van der Waals surface area contributed by atoms with Gasteiger partial charge in [0, 0.05) is 38.8 Å². The van der Waals surface area contributed by atoms with Gasteiger partial charge in [0.2, 0.25) is 0 Å². The molecule has 6 nitrogen and oxygen atoms in total. The molecule has 0 unspecified atom stereocenters. The molecule has 0 spiro atoms. The van der Waals surface area contributed by atoms with Crippen molar-refractivity contribution in [3.63, 3.8) is 0 Å². The summed E-state index contributed by atoms with van der Waals surface area (Å²) in [6.45, 7) is 3.83. The first-order valence-corrected chi connectivity index (χ1v) is 7.30. The van der Waals surface area contributed by atoms with E-state index in [9.17, 15) is 10.1 Å². The van der Waals surface area contributed by atoms with Crippen molar-refractivity contribution < 1.29 is 9.53 Å². The highest BCUT2D eigenvalue weighted by molar-refractivity contribution is 5.77. The molecule has 0 aliphatic carbocycles. The molecule has 0 radical (unpaired) electrons. The minimum atomic E-state index is -0.0981. The van der Waals surface area contributed by atoms with Crippen LogP contribution < -0.4 is 4.90 Å². The molecule has 2 aliphatic rings.